The van der Waals surface area contributed by atoms with E-state index in [9.17, 15) is 8.42 Å². The summed E-state index contributed by atoms with van der Waals surface area (Å²) in [7, 11) is -2.29. The van der Waals surface area contributed by atoms with Gasteiger partial charge < -0.3 is 10.5 Å². The lowest BCUT2D eigenvalue weighted by atomic mass is 10.3. The molecule has 0 bridgehead atoms. The number of hydrogen-bond acceptors (Lipinski definition) is 5. The molecular weight excluding hydrogens is 346 g/mol. The van der Waals surface area contributed by atoms with Gasteiger partial charge in [0.1, 0.15) is 10.6 Å². The first-order chi connectivity index (χ1) is 9.44. The molecule has 3 N–H and O–H groups in total. The standard InChI is InChI=1S/C12H12BrN3O3S/c1-19-11-6-8(2-3-9(11)13)16-20(17,18)12-7-15-5-4-10(12)14/h2-7,16H,1H3,(H2,14,15). The summed E-state index contributed by atoms with van der Waals surface area (Å²) in [6.45, 7) is 0. The zero-order valence-corrected chi connectivity index (χ0v) is 12.9. The SMILES string of the molecule is COc1cc(NS(=O)(=O)c2cnccc2N)ccc1Br. The normalized spacial score (nSPS) is 11.1. The summed E-state index contributed by atoms with van der Waals surface area (Å²) in [4.78, 5) is 3.70. The predicted octanol–water partition coefficient (Wildman–Crippen LogP) is 2.24. The predicted molar refractivity (Wildman–Crippen MR) is 80.2 cm³/mol. The Morgan fingerprint density at radius 1 is 1.35 bits per heavy atom. The van der Waals surface area contributed by atoms with E-state index in [1.807, 2.05) is 0 Å². The Morgan fingerprint density at radius 2 is 2.10 bits per heavy atom. The largest absolute Gasteiger partial charge is 0.495 e. The van der Waals surface area contributed by atoms with Gasteiger partial charge in [0.15, 0.2) is 0 Å². The van der Waals surface area contributed by atoms with Crippen molar-refractivity contribution in [1.82, 2.24) is 4.98 Å². The van der Waals surface area contributed by atoms with Crippen molar-refractivity contribution < 1.29 is 13.2 Å². The highest BCUT2D eigenvalue weighted by molar-refractivity contribution is 9.10. The van der Waals surface area contributed by atoms with Crippen LogP contribution in [0.25, 0.3) is 0 Å². The van der Waals surface area contributed by atoms with E-state index < -0.39 is 10.0 Å². The average Bonchev–Trinajstić information content (AvgIpc) is 2.41. The first kappa shape index (κ1) is 14.6. The number of pyridine rings is 1. The number of nitrogen functional groups attached to an aromatic ring is 1. The van der Waals surface area contributed by atoms with Crippen LogP contribution in [0.15, 0.2) is 46.0 Å². The minimum Gasteiger partial charge on any atom is -0.495 e. The lowest BCUT2D eigenvalue weighted by molar-refractivity contribution is 0.412. The number of nitrogens with two attached hydrogens (primary N) is 1. The molecule has 0 radical (unpaired) electrons. The van der Waals surface area contributed by atoms with E-state index >= 15 is 0 Å². The smallest absolute Gasteiger partial charge is 0.265 e. The molecule has 0 aliphatic carbocycles. The molecule has 0 unspecified atom stereocenters. The van der Waals surface area contributed by atoms with Crippen molar-refractivity contribution in [2.24, 2.45) is 0 Å². The van der Waals surface area contributed by atoms with E-state index in [2.05, 4.69) is 25.6 Å². The maximum Gasteiger partial charge on any atom is 0.265 e. The van der Waals surface area contributed by atoms with E-state index in [0.29, 0.717) is 11.4 Å². The topological polar surface area (TPSA) is 94.3 Å². The molecule has 2 aromatic rings. The van der Waals surface area contributed by atoms with Gasteiger partial charge in [0.25, 0.3) is 10.0 Å². The number of hydrogen-bond donors (Lipinski definition) is 2. The number of anilines is 2. The fraction of sp³-hybridized carbons (Fsp3) is 0.0833. The molecule has 0 aliphatic rings. The highest BCUT2D eigenvalue weighted by atomic mass is 79.9. The minimum atomic E-state index is -3.79. The van der Waals surface area contributed by atoms with E-state index in [1.54, 1.807) is 18.2 Å². The van der Waals surface area contributed by atoms with Crippen LogP contribution in [0.3, 0.4) is 0 Å². The molecule has 0 fully saturated rings. The third kappa shape index (κ3) is 3.02. The van der Waals surface area contributed by atoms with Crippen LogP contribution < -0.4 is 15.2 Å². The first-order valence-electron chi connectivity index (χ1n) is 5.50. The van der Waals surface area contributed by atoms with E-state index in [-0.39, 0.29) is 10.6 Å². The lowest BCUT2D eigenvalue weighted by Gasteiger charge is -2.11. The Balaban J connectivity index is 2.36. The van der Waals surface area contributed by atoms with Crippen molar-refractivity contribution in [1.29, 1.82) is 0 Å². The van der Waals surface area contributed by atoms with Gasteiger partial charge in [0.05, 0.1) is 23.0 Å². The maximum absolute atomic E-state index is 12.2. The van der Waals surface area contributed by atoms with Crippen LogP contribution in [-0.4, -0.2) is 20.5 Å². The Morgan fingerprint density at radius 3 is 2.75 bits per heavy atom. The van der Waals surface area contributed by atoms with Gasteiger partial charge in [0.2, 0.25) is 0 Å². The van der Waals surface area contributed by atoms with Crippen LogP contribution >= 0.6 is 15.9 Å². The van der Waals surface area contributed by atoms with E-state index in [4.69, 9.17) is 10.5 Å². The molecule has 0 aliphatic heterocycles. The zero-order valence-electron chi connectivity index (χ0n) is 10.5. The van der Waals surface area contributed by atoms with Crippen LogP contribution in [0, 0.1) is 0 Å². The van der Waals surface area contributed by atoms with Crippen LogP contribution in [0.4, 0.5) is 11.4 Å². The Kier molecular flexibility index (Phi) is 4.15. The number of benzene rings is 1. The number of methoxy groups -OCH3 is 1. The van der Waals surface area contributed by atoms with Crippen LogP contribution in [0.2, 0.25) is 0 Å². The Bertz CT molecular complexity index is 734. The molecule has 0 atom stereocenters. The van der Waals surface area contributed by atoms with Gasteiger partial charge in [-0.3, -0.25) is 9.71 Å². The van der Waals surface area contributed by atoms with Crippen LogP contribution in [0.5, 0.6) is 5.75 Å². The number of nitrogens with one attached hydrogen (secondary N) is 1. The van der Waals surface area contributed by atoms with Crippen molar-refractivity contribution >= 4 is 37.3 Å². The number of nitrogens with zero attached hydrogens (tertiary/aromatic N) is 1. The van der Waals surface area contributed by atoms with Gasteiger partial charge in [-0.2, -0.15) is 0 Å². The van der Waals surface area contributed by atoms with E-state index in [1.165, 1.54) is 25.6 Å². The quantitative estimate of drug-likeness (QED) is 0.874. The fourth-order valence-corrected chi connectivity index (χ4v) is 3.08. The molecule has 1 aromatic heterocycles. The molecule has 6 nitrogen and oxygen atoms in total. The zero-order chi connectivity index (χ0) is 14.8. The van der Waals surface area contributed by atoms with Crippen molar-refractivity contribution in [3.63, 3.8) is 0 Å². The number of halogens is 1. The van der Waals surface area contributed by atoms with Gasteiger partial charge in [-0.05, 0) is 34.1 Å². The molecule has 1 heterocycles. The third-order valence-corrected chi connectivity index (χ3v) is 4.59. The summed E-state index contributed by atoms with van der Waals surface area (Å²) in [6, 6.07) is 6.28. The molecule has 0 saturated carbocycles. The van der Waals surface area contributed by atoms with Crippen LogP contribution in [0.1, 0.15) is 0 Å². The highest BCUT2D eigenvalue weighted by Crippen LogP contribution is 2.29. The number of rotatable bonds is 4. The first-order valence-corrected chi connectivity index (χ1v) is 7.77. The summed E-state index contributed by atoms with van der Waals surface area (Å²) in [5.74, 6) is 0.518. The minimum absolute atomic E-state index is 0.0677. The van der Waals surface area contributed by atoms with Crippen molar-refractivity contribution in [2.45, 2.75) is 4.90 Å². The molecule has 2 rings (SSSR count). The molecular formula is C12H12BrN3O3S. The van der Waals surface area contributed by atoms with Crippen LogP contribution in [-0.2, 0) is 10.0 Å². The Labute approximate surface area is 125 Å². The fourth-order valence-electron chi connectivity index (χ4n) is 1.55. The second-order valence-electron chi connectivity index (χ2n) is 3.87. The molecule has 0 spiro atoms. The number of ether oxygens (including phenoxy) is 1. The van der Waals surface area contributed by atoms with Crippen molar-refractivity contribution in [3.8, 4) is 5.75 Å². The third-order valence-electron chi connectivity index (χ3n) is 2.51. The van der Waals surface area contributed by atoms with Gasteiger partial charge in [-0.25, -0.2) is 8.42 Å². The number of sulfonamides is 1. The van der Waals surface area contributed by atoms with Gasteiger partial charge >= 0.3 is 0 Å². The van der Waals surface area contributed by atoms with E-state index in [0.717, 1.165) is 4.47 Å². The maximum atomic E-state index is 12.2. The second kappa shape index (κ2) is 5.68. The van der Waals surface area contributed by atoms with Crippen molar-refractivity contribution in [2.75, 3.05) is 17.6 Å². The lowest BCUT2D eigenvalue weighted by Crippen LogP contribution is -2.15. The van der Waals surface area contributed by atoms with Gasteiger partial charge in [-0.15, -0.1) is 0 Å². The summed E-state index contributed by atoms with van der Waals surface area (Å²) in [6.07, 6.45) is 2.63. The summed E-state index contributed by atoms with van der Waals surface area (Å²) in [5, 5.41) is 0. The highest BCUT2D eigenvalue weighted by Gasteiger charge is 2.18. The molecule has 8 heteroatoms. The summed E-state index contributed by atoms with van der Waals surface area (Å²) >= 11 is 3.29. The van der Waals surface area contributed by atoms with Gasteiger partial charge in [0, 0.05) is 18.5 Å². The molecule has 20 heavy (non-hydrogen) atoms. The van der Waals surface area contributed by atoms with Gasteiger partial charge in [-0.1, -0.05) is 0 Å². The Hall–Kier alpha value is -1.80. The number of aromatic nitrogens is 1. The van der Waals surface area contributed by atoms with Crippen molar-refractivity contribution in [3.05, 3.63) is 41.1 Å². The summed E-state index contributed by atoms with van der Waals surface area (Å²) < 4.78 is 32.7. The molecule has 0 saturated heterocycles. The molecule has 106 valence electrons. The molecule has 0 amide bonds. The molecule has 1 aromatic carbocycles. The summed E-state index contributed by atoms with van der Waals surface area (Å²) in [5.41, 5.74) is 6.15. The monoisotopic (exact) mass is 357 g/mol. The average molecular weight is 358 g/mol. The second-order valence-corrected chi connectivity index (χ2v) is 6.37.